The summed E-state index contributed by atoms with van der Waals surface area (Å²) < 4.78 is 2.60. The number of imidazole rings is 1. The van der Waals surface area contributed by atoms with Crippen LogP contribution in [0.3, 0.4) is 0 Å². The van der Waals surface area contributed by atoms with Crippen LogP contribution in [0.15, 0.2) is 33.9 Å². The van der Waals surface area contributed by atoms with Crippen molar-refractivity contribution in [3.8, 4) is 0 Å². The van der Waals surface area contributed by atoms with Gasteiger partial charge in [-0.2, -0.15) is 4.98 Å². The zero-order valence-electron chi connectivity index (χ0n) is 18.3. The molecule has 0 spiro atoms. The van der Waals surface area contributed by atoms with Gasteiger partial charge < -0.3 is 15.0 Å². The molecule has 0 fully saturated rings. The first-order valence-corrected chi connectivity index (χ1v) is 11.1. The van der Waals surface area contributed by atoms with Crippen molar-refractivity contribution in [1.82, 2.24) is 24.0 Å². The fourth-order valence-electron chi connectivity index (χ4n) is 3.63. The number of halogens is 1. The van der Waals surface area contributed by atoms with Crippen LogP contribution in [0, 0.1) is 6.92 Å². The van der Waals surface area contributed by atoms with Gasteiger partial charge in [0.25, 0.3) is 5.56 Å². The maximum Gasteiger partial charge on any atom is 0.407 e. The number of hydrogen-bond donors (Lipinski definition) is 2. The van der Waals surface area contributed by atoms with Crippen LogP contribution < -0.4 is 11.2 Å². The summed E-state index contributed by atoms with van der Waals surface area (Å²) >= 11 is 5.96. The Labute approximate surface area is 190 Å². The normalized spacial score (nSPS) is 11.2. The molecule has 0 unspecified atom stereocenters. The fraction of sp³-hybridized carbons (Fsp3) is 0.455. The highest BCUT2D eigenvalue weighted by Gasteiger charge is 2.18. The molecular weight excluding hydrogens is 434 g/mol. The van der Waals surface area contributed by atoms with Gasteiger partial charge in [0, 0.05) is 26.2 Å². The summed E-state index contributed by atoms with van der Waals surface area (Å²) in [5.74, 6) is 0. The Morgan fingerprint density at radius 2 is 1.81 bits per heavy atom. The lowest BCUT2D eigenvalue weighted by molar-refractivity contribution is 0.141. The number of aryl methyl sites for hydroxylation is 2. The van der Waals surface area contributed by atoms with Gasteiger partial charge in [0.15, 0.2) is 11.2 Å². The van der Waals surface area contributed by atoms with Crippen molar-refractivity contribution in [2.45, 2.75) is 59.2 Å². The first kappa shape index (κ1) is 23.6. The van der Waals surface area contributed by atoms with E-state index in [1.54, 1.807) is 0 Å². The predicted molar refractivity (Wildman–Crippen MR) is 123 cm³/mol. The van der Waals surface area contributed by atoms with Gasteiger partial charge in [0.2, 0.25) is 5.28 Å². The minimum atomic E-state index is -1.05. The SMILES string of the molecule is CCCCCn1c(=O)n(CCCN(Cc2ccc(C)cc2)C(=O)O)c(=O)c2[nH]c(Cl)nc21. The molecule has 0 aliphatic carbocycles. The van der Waals surface area contributed by atoms with Gasteiger partial charge in [-0.25, -0.2) is 9.59 Å². The number of rotatable bonds is 10. The molecule has 3 aromatic rings. The summed E-state index contributed by atoms with van der Waals surface area (Å²) in [6.45, 7) is 4.98. The monoisotopic (exact) mass is 461 g/mol. The zero-order chi connectivity index (χ0) is 23.3. The molecule has 0 saturated carbocycles. The van der Waals surface area contributed by atoms with Crippen LogP contribution in [0.1, 0.15) is 43.7 Å². The Balaban J connectivity index is 1.79. The van der Waals surface area contributed by atoms with Gasteiger partial charge in [-0.3, -0.25) is 13.9 Å². The highest BCUT2D eigenvalue weighted by molar-refractivity contribution is 6.28. The molecule has 1 amide bonds. The molecule has 2 N–H and O–H groups in total. The molecular formula is C22H28ClN5O4. The van der Waals surface area contributed by atoms with Gasteiger partial charge in [-0.15, -0.1) is 0 Å². The number of fused-ring (bicyclic) bond motifs is 1. The Hall–Kier alpha value is -3.07. The molecule has 0 atom stereocenters. The Bertz CT molecular complexity index is 1200. The molecule has 9 nitrogen and oxygen atoms in total. The average molecular weight is 462 g/mol. The third kappa shape index (κ3) is 5.40. The first-order valence-electron chi connectivity index (χ1n) is 10.7. The lowest BCUT2D eigenvalue weighted by atomic mass is 10.1. The van der Waals surface area contributed by atoms with Crippen molar-refractivity contribution in [1.29, 1.82) is 0 Å². The second-order valence-electron chi connectivity index (χ2n) is 7.87. The molecule has 0 aliphatic rings. The third-order valence-corrected chi connectivity index (χ3v) is 5.57. The predicted octanol–water partition coefficient (Wildman–Crippen LogP) is 3.61. The van der Waals surface area contributed by atoms with Crippen LogP contribution >= 0.6 is 11.6 Å². The molecule has 172 valence electrons. The van der Waals surface area contributed by atoms with Crippen LogP contribution in [0.2, 0.25) is 5.28 Å². The van der Waals surface area contributed by atoms with Gasteiger partial charge in [0.05, 0.1) is 0 Å². The molecule has 2 heterocycles. The van der Waals surface area contributed by atoms with Crippen molar-refractivity contribution in [3.05, 3.63) is 61.5 Å². The van der Waals surface area contributed by atoms with E-state index in [1.807, 2.05) is 31.2 Å². The summed E-state index contributed by atoms with van der Waals surface area (Å²) in [5.41, 5.74) is 1.45. The maximum atomic E-state index is 13.0. The van der Waals surface area contributed by atoms with Crippen molar-refractivity contribution < 1.29 is 9.90 Å². The van der Waals surface area contributed by atoms with Crippen molar-refractivity contribution >= 4 is 28.9 Å². The molecule has 0 bridgehead atoms. The minimum absolute atomic E-state index is 0.0497. The van der Waals surface area contributed by atoms with E-state index in [4.69, 9.17) is 11.6 Å². The highest BCUT2D eigenvalue weighted by atomic mass is 35.5. The Morgan fingerprint density at radius 1 is 1.12 bits per heavy atom. The van der Waals surface area contributed by atoms with E-state index >= 15 is 0 Å². The van der Waals surface area contributed by atoms with Gasteiger partial charge in [0.1, 0.15) is 0 Å². The third-order valence-electron chi connectivity index (χ3n) is 5.39. The van der Waals surface area contributed by atoms with Gasteiger partial charge in [-0.05, 0) is 36.9 Å². The van der Waals surface area contributed by atoms with Crippen LogP contribution in [-0.4, -0.2) is 41.7 Å². The summed E-state index contributed by atoms with van der Waals surface area (Å²) in [6, 6.07) is 7.64. The van der Waals surface area contributed by atoms with Crippen molar-refractivity contribution in [3.63, 3.8) is 0 Å². The number of carboxylic acid groups (broad SMARTS) is 1. The molecule has 0 radical (unpaired) electrons. The van der Waals surface area contributed by atoms with Gasteiger partial charge >= 0.3 is 11.8 Å². The van der Waals surface area contributed by atoms with Crippen molar-refractivity contribution in [2.24, 2.45) is 0 Å². The van der Waals surface area contributed by atoms with E-state index in [0.29, 0.717) is 13.0 Å². The number of benzene rings is 1. The van der Waals surface area contributed by atoms with E-state index in [9.17, 15) is 19.5 Å². The quantitative estimate of drug-likeness (QED) is 0.353. The first-order chi connectivity index (χ1) is 15.3. The topological polar surface area (TPSA) is 113 Å². The molecule has 32 heavy (non-hydrogen) atoms. The number of nitrogens with one attached hydrogen (secondary N) is 1. The van der Waals surface area contributed by atoms with E-state index in [-0.39, 0.29) is 36.1 Å². The average Bonchev–Trinajstić information content (AvgIpc) is 3.15. The van der Waals surface area contributed by atoms with Crippen LogP contribution in [0.5, 0.6) is 0 Å². The Morgan fingerprint density at radius 3 is 2.47 bits per heavy atom. The summed E-state index contributed by atoms with van der Waals surface area (Å²) in [5, 5.41) is 9.62. The second-order valence-corrected chi connectivity index (χ2v) is 8.23. The van der Waals surface area contributed by atoms with E-state index in [0.717, 1.165) is 35.0 Å². The van der Waals surface area contributed by atoms with Crippen molar-refractivity contribution in [2.75, 3.05) is 6.54 Å². The minimum Gasteiger partial charge on any atom is -0.465 e. The molecule has 1 aromatic carbocycles. The van der Waals surface area contributed by atoms with E-state index in [2.05, 4.69) is 16.9 Å². The largest absolute Gasteiger partial charge is 0.465 e. The van der Waals surface area contributed by atoms with Crippen LogP contribution in [0.4, 0.5) is 4.79 Å². The number of aromatic nitrogens is 4. The number of nitrogens with zero attached hydrogens (tertiary/aromatic N) is 4. The number of amides is 1. The summed E-state index contributed by atoms with van der Waals surface area (Å²) in [4.78, 5) is 45.7. The van der Waals surface area contributed by atoms with Crippen LogP contribution in [-0.2, 0) is 19.6 Å². The number of H-pyrrole nitrogens is 1. The zero-order valence-corrected chi connectivity index (χ0v) is 19.1. The standard InChI is InChI=1S/C22H28ClN5O4/c1-3-4-5-12-27-18-17(24-20(23)25-18)19(29)28(21(27)30)13-6-11-26(22(31)32)14-16-9-7-15(2)8-10-16/h7-10H,3-6,11-14H2,1-2H3,(H,24,25)(H,31,32). The van der Waals surface area contributed by atoms with E-state index in [1.165, 1.54) is 9.47 Å². The highest BCUT2D eigenvalue weighted by Crippen LogP contribution is 2.11. The summed E-state index contributed by atoms with van der Waals surface area (Å²) in [7, 11) is 0. The Kier molecular flexibility index (Phi) is 7.74. The number of aromatic amines is 1. The van der Waals surface area contributed by atoms with E-state index < -0.39 is 17.3 Å². The molecule has 3 rings (SSSR count). The fourth-order valence-corrected chi connectivity index (χ4v) is 3.81. The summed E-state index contributed by atoms with van der Waals surface area (Å²) in [6.07, 6.45) is 1.97. The number of hydrogen-bond acceptors (Lipinski definition) is 4. The lowest BCUT2D eigenvalue weighted by Gasteiger charge is -2.19. The lowest BCUT2D eigenvalue weighted by Crippen LogP contribution is -2.41. The molecule has 10 heteroatoms. The second kappa shape index (κ2) is 10.5. The molecule has 0 aliphatic heterocycles. The molecule has 0 saturated heterocycles. The maximum absolute atomic E-state index is 13.0. The molecule has 2 aromatic heterocycles. The smallest absolute Gasteiger partial charge is 0.407 e. The number of unbranched alkanes of at least 4 members (excludes halogenated alkanes) is 2. The van der Waals surface area contributed by atoms with Gasteiger partial charge in [-0.1, -0.05) is 49.6 Å². The van der Waals surface area contributed by atoms with Crippen LogP contribution in [0.25, 0.3) is 11.2 Å². The number of carbonyl (C=O) groups is 1.